The molecule has 2 aromatic rings. The number of carbonyl (C=O) groups is 1. The Morgan fingerprint density at radius 2 is 2.14 bits per heavy atom. The molecule has 0 saturated carbocycles. The van der Waals surface area contributed by atoms with Crippen LogP contribution in [0.25, 0.3) is 5.52 Å². The summed E-state index contributed by atoms with van der Waals surface area (Å²) in [6.45, 7) is 5.41. The fourth-order valence-corrected chi connectivity index (χ4v) is 3.04. The molecule has 112 valence electrons. The van der Waals surface area contributed by atoms with E-state index in [1.165, 1.54) is 25.9 Å². The molecule has 0 bridgehead atoms. The van der Waals surface area contributed by atoms with Gasteiger partial charge in [-0.15, -0.1) is 0 Å². The fraction of sp³-hybridized carbons (Fsp3) is 0.471. The first-order valence-corrected chi connectivity index (χ1v) is 7.83. The lowest BCUT2D eigenvalue weighted by atomic mass is 10.2. The van der Waals surface area contributed by atoms with Crippen molar-refractivity contribution in [1.29, 1.82) is 0 Å². The summed E-state index contributed by atoms with van der Waals surface area (Å²) in [5, 5.41) is 3.04. The van der Waals surface area contributed by atoms with E-state index in [1.807, 2.05) is 41.1 Å². The molecule has 0 aromatic carbocycles. The lowest BCUT2D eigenvalue weighted by molar-refractivity contribution is 0.0949. The Balaban J connectivity index is 1.51. The summed E-state index contributed by atoms with van der Waals surface area (Å²) in [4.78, 5) is 14.7. The Kier molecular flexibility index (Phi) is 4.25. The highest BCUT2D eigenvalue weighted by atomic mass is 16.1. The van der Waals surface area contributed by atoms with Crippen molar-refractivity contribution in [3.8, 4) is 0 Å². The van der Waals surface area contributed by atoms with Gasteiger partial charge in [-0.25, -0.2) is 0 Å². The molecule has 0 spiro atoms. The summed E-state index contributed by atoms with van der Waals surface area (Å²) in [7, 11) is 0. The first-order chi connectivity index (χ1) is 10.2. The third-order valence-electron chi connectivity index (χ3n) is 4.38. The summed E-state index contributed by atoms with van der Waals surface area (Å²) in [6.07, 6.45) is 7.48. The van der Waals surface area contributed by atoms with Crippen molar-refractivity contribution in [3.05, 3.63) is 42.2 Å². The molecule has 0 radical (unpaired) electrons. The zero-order valence-corrected chi connectivity index (χ0v) is 12.6. The van der Waals surface area contributed by atoms with Gasteiger partial charge in [0.25, 0.3) is 5.91 Å². The van der Waals surface area contributed by atoms with Gasteiger partial charge in [0, 0.05) is 30.5 Å². The molecular weight excluding hydrogens is 262 g/mol. The number of nitrogens with zero attached hydrogens (tertiary/aromatic N) is 2. The first-order valence-electron chi connectivity index (χ1n) is 7.83. The van der Waals surface area contributed by atoms with Gasteiger partial charge in [0.2, 0.25) is 0 Å². The number of pyridine rings is 1. The van der Waals surface area contributed by atoms with Crippen LogP contribution in [-0.4, -0.2) is 40.9 Å². The van der Waals surface area contributed by atoms with E-state index < -0.39 is 0 Å². The van der Waals surface area contributed by atoms with Gasteiger partial charge in [-0.2, -0.15) is 0 Å². The number of aromatic nitrogens is 1. The van der Waals surface area contributed by atoms with Gasteiger partial charge in [-0.05, 0) is 57.5 Å². The number of hydrogen-bond donors (Lipinski definition) is 1. The molecule has 3 rings (SSSR count). The van der Waals surface area contributed by atoms with E-state index in [4.69, 9.17) is 0 Å². The van der Waals surface area contributed by atoms with Crippen LogP contribution in [0.4, 0.5) is 0 Å². The molecule has 0 aliphatic carbocycles. The zero-order chi connectivity index (χ0) is 14.7. The summed E-state index contributed by atoms with van der Waals surface area (Å²) >= 11 is 0. The maximum Gasteiger partial charge on any atom is 0.252 e. The monoisotopic (exact) mass is 285 g/mol. The number of likely N-dealkylation sites (tertiary alicyclic amines) is 1. The lowest BCUT2D eigenvalue weighted by Gasteiger charge is -2.23. The Morgan fingerprint density at radius 1 is 1.33 bits per heavy atom. The van der Waals surface area contributed by atoms with E-state index >= 15 is 0 Å². The van der Waals surface area contributed by atoms with Crippen molar-refractivity contribution in [2.75, 3.05) is 19.6 Å². The highest BCUT2D eigenvalue weighted by Gasteiger charge is 2.17. The summed E-state index contributed by atoms with van der Waals surface area (Å²) in [5.41, 5.74) is 1.78. The smallest absolute Gasteiger partial charge is 0.252 e. The first kappa shape index (κ1) is 14.1. The average Bonchev–Trinajstić information content (AvgIpc) is 3.16. The normalized spacial score (nSPS) is 17.2. The van der Waals surface area contributed by atoms with Crippen LogP contribution in [0.1, 0.15) is 36.5 Å². The van der Waals surface area contributed by atoms with Crippen molar-refractivity contribution >= 4 is 11.4 Å². The molecule has 1 saturated heterocycles. The second-order valence-corrected chi connectivity index (χ2v) is 5.90. The third kappa shape index (κ3) is 3.27. The molecule has 2 aromatic heterocycles. The van der Waals surface area contributed by atoms with Gasteiger partial charge in [0.05, 0.1) is 5.56 Å². The van der Waals surface area contributed by atoms with Crippen molar-refractivity contribution in [1.82, 2.24) is 14.6 Å². The highest BCUT2D eigenvalue weighted by Crippen LogP contribution is 2.13. The molecular formula is C17H23N3O. The Bertz CT molecular complexity index is 580. The highest BCUT2D eigenvalue weighted by molar-refractivity contribution is 5.95. The fourth-order valence-electron chi connectivity index (χ4n) is 3.04. The predicted octanol–water partition coefficient (Wildman–Crippen LogP) is 2.54. The molecule has 21 heavy (non-hydrogen) atoms. The second-order valence-electron chi connectivity index (χ2n) is 5.90. The number of amides is 1. The maximum atomic E-state index is 12.2. The van der Waals surface area contributed by atoms with Gasteiger partial charge < -0.3 is 14.6 Å². The van der Waals surface area contributed by atoms with Crippen molar-refractivity contribution in [2.24, 2.45) is 0 Å². The van der Waals surface area contributed by atoms with E-state index in [9.17, 15) is 4.79 Å². The third-order valence-corrected chi connectivity index (χ3v) is 4.38. The largest absolute Gasteiger partial charge is 0.352 e. The van der Waals surface area contributed by atoms with Crippen LogP contribution in [-0.2, 0) is 0 Å². The standard InChI is InChI=1S/C17H23N3O/c1-14(19-9-4-5-10-19)7-8-18-17(21)15-12-16-6-2-3-11-20(16)13-15/h2-3,6,11-14H,4-5,7-10H2,1H3,(H,18,21). The molecule has 4 heteroatoms. The van der Waals surface area contributed by atoms with Crippen LogP contribution in [0, 0.1) is 0 Å². The predicted molar refractivity (Wildman–Crippen MR) is 84.6 cm³/mol. The van der Waals surface area contributed by atoms with Crippen LogP contribution < -0.4 is 5.32 Å². The number of hydrogen-bond acceptors (Lipinski definition) is 2. The topological polar surface area (TPSA) is 36.8 Å². The minimum Gasteiger partial charge on any atom is -0.352 e. The minimum absolute atomic E-state index is 0.0207. The van der Waals surface area contributed by atoms with Crippen LogP contribution in [0.15, 0.2) is 36.7 Å². The molecule has 1 amide bonds. The van der Waals surface area contributed by atoms with Crippen LogP contribution in [0.3, 0.4) is 0 Å². The quantitative estimate of drug-likeness (QED) is 0.916. The molecule has 1 aliphatic rings. The molecule has 3 heterocycles. The molecule has 1 N–H and O–H groups in total. The van der Waals surface area contributed by atoms with Gasteiger partial charge in [0.15, 0.2) is 0 Å². The van der Waals surface area contributed by atoms with Crippen LogP contribution in [0.5, 0.6) is 0 Å². The summed E-state index contributed by atoms with van der Waals surface area (Å²) < 4.78 is 1.97. The van der Waals surface area contributed by atoms with E-state index in [-0.39, 0.29) is 5.91 Å². The van der Waals surface area contributed by atoms with E-state index in [0.29, 0.717) is 6.04 Å². The van der Waals surface area contributed by atoms with Crippen molar-refractivity contribution < 1.29 is 4.79 Å². The minimum atomic E-state index is 0.0207. The van der Waals surface area contributed by atoms with Gasteiger partial charge >= 0.3 is 0 Å². The number of carbonyl (C=O) groups excluding carboxylic acids is 1. The Labute approximate surface area is 125 Å². The van der Waals surface area contributed by atoms with Crippen LogP contribution >= 0.6 is 0 Å². The molecule has 4 nitrogen and oxygen atoms in total. The Hall–Kier alpha value is -1.81. The van der Waals surface area contributed by atoms with Gasteiger partial charge in [-0.3, -0.25) is 4.79 Å². The van der Waals surface area contributed by atoms with Crippen LogP contribution in [0.2, 0.25) is 0 Å². The van der Waals surface area contributed by atoms with Crippen molar-refractivity contribution in [2.45, 2.75) is 32.2 Å². The molecule has 1 atom stereocenters. The molecule has 1 aliphatic heterocycles. The van der Waals surface area contributed by atoms with Gasteiger partial charge in [-0.1, -0.05) is 6.07 Å². The lowest BCUT2D eigenvalue weighted by Crippen LogP contribution is -2.34. The summed E-state index contributed by atoms with van der Waals surface area (Å²) in [5.74, 6) is 0.0207. The second kappa shape index (κ2) is 6.31. The molecule has 1 unspecified atom stereocenters. The average molecular weight is 285 g/mol. The number of nitrogens with one attached hydrogen (secondary N) is 1. The summed E-state index contributed by atoms with van der Waals surface area (Å²) in [6, 6.07) is 8.44. The van der Waals surface area contributed by atoms with E-state index in [1.54, 1.807) is 0 Å². The zero-order valence-electron chi connectivity index (χ0n) is 12.6. The van der Waals surface area contributed by atoms with Gasteiger partial charge in [0.1, 0.15) is 0 Å². The number of fused-ring (bicyclic) bond motifs is 1. The maximum absolute atomic E-state index is 12.2. The number of rotatable bonds is 5. The van der Waals surface area contributed by atoms with Crippen molar-refractivity contribution in [3.63, 3.8) is 0 Å². The Morgan fingerprint density at radius 3 is 2.90 bits per heavy atom. The molecule has 1 fully saturated rings. The van der Waals surface area contributed by atoms with E-state index in [2.05, 4.69) is 17.1 Å². The van der Waals surface area contributed by atoms with E-state index in [0.717, 1.165) is 24.0 Å². The SMILES string of the molecule is CC(CCNC(=O)c1cc2ccccn2c1)N1CCCC1.